The number of rotatable bonds is 5. The van der Waals surface area contributed by atoms with E-state index in [0.717, 1.165) is 31.2 Å². The maximum atomic E-state index is 12.6. The molecule has 1 atom stereocenters. The third-order valence-corrected chi connectivity index (χ3v) is 7.76. The van der Waals surface area contributed by atoms with Gasteiger partial charge in [0.1, 0.15) is 17.7 Å². The van der Waals surface area contributed by atoms with Gasteiger partial charge in [0.15, 0.2) is 23.4 Å². The van der Waals surface area contributed by atoms with Crippen molar-refractivity contribution in [2.75, 3.05) is 23.5 Å². The van der Waals surface area contributed by atoms with Crippen LogP contribution in [0.1, 0.15) is 47.2 Å². The van der Waals surface area contributed by atoms with E-state index in [1.807, 2.05) is 24.3 Å². The predicted octanol–water partition coefficient (Wildman–Crippen LogP) is 3.44. The van der Waals surface area contributed by atoms with Crippen LogP contribution in [-0.2, 0) is 17.6 Å². The number of fused-ring (bicyclic) bond motifs is 2. The summed E-state index contributed by atoms with van der Waals surface area (Å²) in [5.74, 6) is 7.76. The van der Waals surface area contributed by atoms with Gasteiger partial charge < -0.3 is 20.6 Å². The van der Waals surface area contributed by atoms with Crippen LogP contribution in [0.5, 0.6) is 11.5 Å². The van der Waals surface area contributed by atoms with Crippen molar-refractivity contribution in [3.8, 4) is 17.6 Å². The van der Waals surface area contributed by atoms with Gasteiger partial charge in [-0.2, -0.15) is 5.26 Å². The molecule has 2 aromatic heterocycles. The molecule has 1 amide bonds. The SMILES string of the molecule is N#Cc1c(NC(=O)CSc2nnc(C3COc4ccccc4O3)n2N)sc2c1CCCCC2. The molecule has 3 heterocycles. The number of nitrogens with one attached hydrogen (secondary N) is 1. The molecule has 1 aromatic carbocycles. The fourth-order valence-electron chi connectivity index (χ4n) is 3.99. The van der Waals surface area contributed by atoms with Crippen LogP contribution in [0.25, 0.3) is 0 Å². The summed E-state index contributed by atoms with van der Waals surface area (Å²) in [6.45, 7) is 0.261. The number of benzene rings is 1. The maximum Gasteiger partial charge on any atom is 0.235 e. The number of para-hydroxylation sites is 2. The van der Waals surface area contributed by atoms with Crippen LogP contribution < -0.4 is 20.6 Å². The highest BCUT2D eigenvalue weighted by atomic mass is 32.2. The van der Waals surface area contributed by atoms with E-state index in [1.54, 1.807) is 0 Å². The van der Waals surface area contributed by atoms with E-state index < -0.39 is 6.10 Å². The molecule has 5 rings (SSSR count). The Morgan fingerprint density at radius 1 is 1.27 bits per heavy atom. The minimum atomic E-state index is -0.500. The molecule has 3 N–H and O–H groups in total. The fraction of sp³-hybridized carbons (Fsp3) is 0.364. The number of carbonyl (C=O) groups excluding carboxylic acids is 1. The van der Waals surface area contributed by atoms with E-state index in [1.165, 1.54) is 39.1 Å². The number of thioether (sulfide) groups is 1. The number of anilines is 1. The van der Waals surface area contributed by atoms with Crippen molar-refractivity contribution in [3.63, 3.8) is 0 Å². The van der Waals surface area contributed by atoms with E-state index in [-0.39, 0.29) is 18.3 Å². The monoisotopic (exact) mass is 482 g/mol. The Morgan fingerprint density at radius 2 is 2.09 bits per heavy atom. The summed E-state index contributed by atoms with van der Waals surface area (Å²) in [5.41, 5.74) is 1.71. The zero-order valence-electron chi connectivity index (χ0n) is 17.7. The first-order chi connectivity index (χ1) is 16.1. The second kappa shape index (κ2) is 9.33. The van der Waals surface area contributed by atoms with Crippen molar-refractivity contribution in [1.29, 1.82) is 5.26 Å². The summed E-state index contributed by atoms with van der Waals surface area (Å²) in [5, 5.41) is 21.8. The first-order valence-corrected chi connectivity index (χ1v) is 12.5. The molecular weight excluding hydrogens is 460 g/mol. The van der Waals surface area contributed by atoms with E-state index >= 15 is 0 Å². The van der Waals surface area contributed by atoms with Gasteiger partial charge in [0.2, 0.25) is 11.1 Å². The molecule has 33 heavy (non-hydrogen) atoms. The molecule has 1 aliphatic carbocycles. The van der Waals surface area contributed by atoms with Gasteiger partial charge in [-0.1, -0.05) is 30.3 Å². The van der Waals surface area contributed by atoms with Crippen LogP contribution in [0.15, 0.2) is 29.4 Å². The standard InChI is InChI=1S/C22H22N6O3S2/c23-10-14-13-6-2-1-3-9-18(13)33-21(14)25-19(29)12-32-22-27-26-20(28(22)24)17-11-30-15-7-4-5-8-16(15)31-17/h4-5,7-8,17H,1-3,6,9,11-12,24H2,(H,25,29). The summed E-state index contributed by atoms with van der Waals surface area (Å²) < 4.78 is 13.0. The first kappa shape index (κ1) is 21.6. The summed E-state index contributed by atoms with van der Waals surface area (Å²) in [4.78, 5) is 13.8. The predicted molar refractivity (Wildman–Crippen MR) is 125 cm³/mol. The van der Waals surface area contributed by atoms with Gasteiger partial charge in [0.25, 0.3) is 0 Å². The molecule has 0 radical (unpaired) electrons. The summed E-state index contributed by atoms with van der Waals surface area (Å²) in [6.07, 6.45) is 4.75. The fourth-order valence-corrected chi connectivity index (χ4v) is 5.91. The number of nitrogen functional groups attached to an aromatic ring is 1. The lowest BCUT2D eigenvalue weighted by Gasteiger charge is -2.25. The molecule has 170 valence electrons. The molecule has 3 aromatic rings. The maximum absolute atomic E-state index is 12.6. The van der Waals surface area contributed by atoms with E-state index in [0.29, 0.717) is 33.0 Å². The minimum absolute atomic E-state index is 0.0909. The van der Waals surface area contributed by atoms with Crippen LogP contribution in [0.2, 0.25) is 0 Å². The Labute approximate surface area is 198 Å². The molecular formula is C22H22N6O3S2. The molecule has 11 heteroatoms. The number of aryl methyl sites for hydroxylation is 1. The Hall–Kier alpha value is -3.23. The summed E-state index contributed by atoms with van der Waals surface area (Å²) >= 11 is 2.69. The Bertz CT molecular complexity index is 1230. The van der Waals surface area contributed by atoms with Crippen LogP contribution in [0.4, 0.5) is 5.00 Å². The number of carbonyl (C=O) groups is 1. The number of nitrogens with zero attached hydrogens (tertiary/aromatic N) is 4. The van der Waals surface area contributed by atoms with Crippen LogP contribution in [-0.4, -0.2) is 33.1 Å². The van der Waals surface area contributed by atoms with Crippen molar-refractivity contribution in [2.24, 2.45) is 0 Å². The van der Waals surface area contributed by atoms with E-state index in [9.17, 15) is 10.1 Å². The molecule has 1 unspecified atom stereocenters. The zero-order chi connectivity index (χ0) is 22.8. The minimum Gasteiger partial charge on any atom is -0.485 e. The zero-order valence-corrected chi connectivity index (χ0v) is 19.4. The quantitative estimate of drug-likeness (QED) is 0.322. The van der Waals surface area contributed by atoms with Gasteiger partial charge in [-0.05, 0) is 43.4 Å². The Morgan fingerprint density at radius 3 is 2.94 bits per heavy atom. The van der Waals surface area contributed by atoms with Gasteiger partial charge in [0.05, 0.1) is 11.3 Å². The Balaban J connectivity index is 1.23. The van der Waals surface area contributed by atoms with E-state index in [4.69, 9.17) is 15.3 Å². The second-order valence-corrected chi connectivity index (χ2v) is 9.84. The van der Waals surface area contributed by atoms with Crippen molar-refractivity contribution in [1.82, 2.24) is 14.9 Å². The normalized spacial score (nSPS) is 17.0. The smallest absolute Gasteiger partial charge is 0.235 e. The number of nitriles is 1. The van der Waals surface area contributed by atoms with Crippen molar-refractivity contribution >= 4 is 34.0 Å². The van der Waals surface area contributed by atoms with Gasteiger partial charge in [0, 0.05) is 4.88 Å². The van der Waals surface area contributed by atoms with Crippen molar-refractivity contribution < 1.29 is 14.3 Å². The lowest BCUT2D eigenvalue weighted by atomic mass is 10.1. The molecule has 0 saturated heterocycles. The van der Waals surface area contributed by atoms with Crippen LogP contribution in [0.3, 0.4) is 0 Å². The van der Waals surface area contributed by atoms with Gasteiger partial charge >= 0.3 is 0 Å². The third-order valence-electron chi connectivity index (χ3n) is 5.61. The first-order valence-electron chi connectivity index (χ1n) is 10.7. The van der Waals surface area contributed by atoms with Gasteiger partial charge in [-0.25, -0.2) is 4.68 Å². The molecule has 9 nitrogen and oxygen atoms in total. The number of nitrogens with two attached hydrogens (primary N) is 1. The number of hydrogen-bond donors (Lipinski definition) is 2. The Kier molecular flexibility index (Phi) is 6.11. The molecule has 0 spiro atoms. The molecule has 0 fully saturated rings. The lowest BCUT2D eigenvalue weighted by Crippen LogP contribution is -2.27. The third kappa shape index (κ3) is 4.36. The van der Waals surface area contributed by atoms with Gasteiger partial charge in [-0.15, -0.1) is 21.5 Å². The topological polar surface area (TPSA) is 128 Å². The highest BCUT2D eigenvalue weighted by Gasteiger charge is 2.28. The largest absolute Gasteiger partial charge is 0.485 e. The highest BCUT2D eigenvalue weighted by molar-refractivity contribution is 7.99. The lowest BCUT2D eigenvalue weighted by molar-refractivity contribution is -0.113. The molecule has 1 aliphatic heterocycles. The highest BCUT2D eigenvalue weighted by Crippen LogP contribution is 2.38. The van der Waals surface area contributed by atoms with E-state index in [2.05, 4.69) is 21.6 Å². The molecule has 2 aliphatic rings. The van der Waals surface area contributed by atoms with Crippen molar-refractivity contribution in [3.05, 3.63) is 46.1 Å². The number of hydrogen-bond acceptors (Lipinski definition) is 9. The second-order valence-electron chi connectivity index (χ2n) is 7.79. The van der Waals surface area contributed by atoms with Crippen LogP contribution >= 0.6 is 23.1 Å². The number of ether oxygens (including phenoxy) is 2. The van der Waals surface area contributed by atoms with Crippen LogP contribution in [0, 0.1) is 11.3 Å². The number of amides is 1. The van der Waals surface area contributed by atoms with Gasteiger partial charge in [-0.3, -0.25) is 4.79 Å². The average Bonchev–Trinajstić information content (AvgIpc) is 3.26. The average molecular weight is 483 g/mol. The van der Waals surface area contributed by atoms with Crippen molar-refractivity contribution in [2.45, 2.75) is 43.4 Å². The summed E-state index contributed by atoms with van der Waals surface area (Å²) in [6, 6.07) is 9.67. The number of aromatic nitrogens is 3. The number of thiophene rings is 1. The summed E-state index contributed by atoms with van der Waals surface area (Å²) in [7, 11) is 0. The molecule has 0 bridgehead atoms. The molecule has 0 saturated carbocycles.